The van der Waals surface area contributed by atoms with Gasteiger partial charge >= 0.3 is 0 Å². The molecule has 0 atom stereocenters. The van der Waals surface area contributed by atoms with Crippen LogP contribution in [0, 0.1) is 0 Å². The molecule has 39 heavy (non-hydrogen) atoms. The van der Waals surface area contributed by atoms with Gasteiger partial charge in [0, 0.05) is 21.3 Å². The number of hydrogen-bond donors (Lipinski definition) is 2. The number of carbonyl (C=O) groups is 1. The predicted molar refractivity (Wildman–Crippen MR) is 160 cm³/mol. The van der Waals surface area contributed by atoms with Crippen molar-refractivity contribution in [1.82, 2.24) is 10.3 Å². The molecule has 0 spiro atoms. The van der Waals surface area contributed by atoms with E-state index in [4.69, 9.17) is 21.1 Å². The Labute approximate surface area is 237 Å². The molecule has 8 heteroatoms. The van der Waals surface area contributed by atoms with E-state index in [0.29, 0.717) is 28.4 Å². The Kier molecular flexibility index (Phi) is 6.79. The maximum atomic E-state index is 12.7. The Balaban J connectivity index is 1.12. The average Bonchev–Trinajstić information content (AvgIpc) is 3.62. The van der Waals surface area contributed by atoms with Gasteiger partial charge in [0.05, 0.1) is 0 Å². The molecule has 6 nitrogen and oxygen atoms in total. The van der Waals surface area contributed by atoms with Crippen molar-refractivity contribution in [2.75, 3.05) is 5.32 Å². The zero-order valence-corrected chi connectivity index (χ0v) is 22.8. The van der Waals surface area contributed by atoms with E-state index < -0.39 is 5.91 Å². The van der Waals surface area contributed by atoms with Crippen molar-refractivity contribution < 1.29 is 13.6 Å². The molecule has 0 saturated carbocycles. The molecule has 0 aliphatic carbocycles. The Morgan fingerprint density at radius 1 is 0.744 bits per heavy atom. The molecule has 0 aliphatic heterocycles. The summed E-state index contributed by atoms with van der Waals surface area (Å²) in [6.45, 7) is 0. The van der Waals surface area contributed by atoms with Crippen LogP contribution in [0.15, 0.2) is 123 Å². The number of rotatable bonds is 5. The van der Waals surface area contributed by atoms with Crippen LogP contribution in [-0.2, 0) is 0 Å². The zero-order valence-electron chi connectivity index (χ0n) is 20.4. The lowest BCUT2D eigenvalue weighted by molar-refractivity contribution is 0.0951. The molecule has 2 aromatic heterocycles. The minimum Gasteiger partial charge on any atom is -0.451 e. The maximum absolute atomic E-state index is 12.7. The molecule has 0 radical (unpaired) electrons. The van der Waals surface area contributed by atoms with Gasteiger partial charge in [-0.25, -0.2) is 4.98 Å². The first-order chi connectivity index (χ1) is 19.0. The van der Waals surface area contributed by atoms with E-state index in [1.807, 2.05) is 72.8 Å². The van der Waals surface area contributed by atoms with Crippen LogP contribution in [0.5, 0.6) is 0 Å². The van der Waals surface area contributed by atoms with E-state index in [0.717, 1.165) is 26.7 Å². The second-order valence-electron chi connectivity index (χ2n) is 8.72. The molecule has 2 N–H and O–H groups in total. The first kappa shape index (κ1) is 24.8. The number of benzene rings is 4. The van der Waals surface area contributed by atoms with Gasteiger partial charge in [-0.3, -0.25) is 10.1 Å². The van der Waals surface area contributed by atoms with Crippen LogP contribution in [0.25, 0.3) is 45.0 Å². The van der Waals surface area contributed by atoms with E-state index in [1.165, 1.54) is 0 Å². The number of fused-ring (bicyclic) bond motifs is 1. The largest absolute Gasteiger partial charge is 0.451 e. The molecule has 0 fully saturated rings. The number of nitrogens with one attached hydrogen (secondary N) is 2. The van der Waals surface area contributed by atoms with Crippen LogP contribution in [0.3, 0.4) is 0 Å². The summed E-state index contributed by atoms with van der Waals surface area (Å²) in [6, 6.07) is 34.7. The standard InChI is InChI=1S/C31H20BrN3O3S/c32-23-12-10-21(11-13-23)26-16-17-28(37-26)29(36)35-31(39)33-24-14-15-27-25(18-24)34-30(38-27)22-8-6-20(7-9-22)19-4-2-1-3-5-19/h1-18H,(H2,33,35,36,39). The number of aromatic nitrogens is 1. The minimum absolute atomic E-state index is 0.140. The number of oxazole rings is 1. The lowest BCUT2D eigenvalue weighted by Gasteiger charge is -2.08. The smallest absolute Gasteiger partial charge is 0.293 e. The Hall–Kier alpha value is -4.53. The highest BCUT2D eigenvalue weighted by atomic mass is 79.9. The van der Waals surface area contributed by atoms with Gasteiger partial charge < -0.3 is 14.2 Å². The molecule has 0 unspecified atom stereocenters. The Morgan fingerprint density at radius 2 is 1.44 bits per heavy atom. The van der Waals surface area contributed by atoms with Crippen molar-refractivity contribution in [1.29, 1.82) is 0 Å². The second-order valence-corrected chi connectivity index (χ2v) is 10.0. The lowest BCUT2D eigenvalue weighted by Crippen LogP contribution is -2.33. The van der Waals surface area contributed by atoms with Crippen molar-refractivity contribution in [3.63, 3.8) is 0 Å². The number of carbonyl (C=O) groups excluding carboxylic acids is 1. The second kappa shape index (κ2) is 10.7. The molecule has 0 saturated heterocycles. The number of halogens is 1. The quantitative estimate of drug-likeness (QED) is 0.196. The van der Waals surface area contributed by atoms with E-state index in [1.54, 1.807) is 12.1 Å². The summed E-state index contributed by atoms with van der Waals surface area (Å²) in [4.78, 5) is 17.3. The topological polar surface area (TPSA) is 80.3 Å². The summed E-state index contributed by atoms with van der Waals surface area (Å²) < 4.78 is 12.7. The number of hydrogen-bond acceptors (Lipinski definition) is 5. The van der Waals surface area contributed by atoms with E-state index >= 15 is 0 Å². The van der Waals surface area contributed by atoms with Crippen molar-refractivity contribution in [3.8, 4) is 33.9 Å². The number of nitrogens with zero attached hydrogens (tertiary/aromatic N) is 1. The van der Waals surface area contributed by atoms with Gasteiger partial charge in [-0.05, 0) is 77.9 Å². The van der Waals surface area contributed by atoms with Crippen molar-refractivity contribution in [2.45, 2.75) is 0 Å². The number of amides is 1. The predicted octanol–water partition coefficient (Wildman–Crippen LogP) is 8.31. The molecule has 6 rings (SSSR count). The lowest BCUT2D eigenvalue weighted by atomic mass is 10.0. The van der Waals surface area contributed by atoms with Gasteiger partial charge in [-0.15, -0.1) is 0 Å². The highest BCUT2D eigenvalue weighted by molar-refractivity contribution is 9.10. The van der Waals surface area contributed by atoms with Crippen LogP contribution in [0.4, 0.5) is 5.69 Å². The molecule has 4 aromatic carbocycles. The fourth-order valence-electron chi connectivity index (χ4n) is 4.12. The molecular weight excluding hydrogens is 574 g/mol. The third-order valence-corrected chi connectivity index (χ3v) is 6.80. The van der Waals surface area contributed by atoms with Crippen LogP contribution in [0.2, 0.25) is 0 Å². The molecule has 0 bridgehead atoms. The zero-order chi connectivity index (χ0) is 26.8. The van der Waals surface area contributed by atoms with Crippen LogP contribution < -0.4 is 10.6 Å². The summed E-state index contributed by atoms with van der Waals surface area (Å²) in [6.07, 6.45) is 0. The third kappa shape index (κ3) is 5.52. The molecule has 2 heterocycles. The van der Waals surface area contributed by atoms with Gasteiger partial charge in [-0.1, -0.05) is 70.5 Å². The SMILES string of the molecule is O=C(NC(=S)Nc1ccc2oc(-c3ccc(-c4ccccc4)cc3)nc2c1)c1ccc(-c2ccc(Br)cc2)o1. The van der Waals surface area contributed by atoms with Gasteiger partial charge in [0.2, 0.25) is 5.89 Å². The number of anilines is 1. The summed E-state index contributed by atoms with van der Waals surface area (Å²) in [5.74, 6) is 0.831. The summed E-state index contributed by atoms with van der Waals surface area (Å²) in [5.41, 5.74) is 6.00. The number of thiocarbonyl (C=S) groups is 1. The van der Waals surface area contributed by atoms with Crippen molar-refractivity contribution >= 4 is 56.0 Å². The van der Waals surface area contributed by atoms with Crippen LogP contribution in [-0.4, -0.2) is 16.0 Å². The van der Waals surface area contributed by atoms with E-state index in [9.17, 15) is 4.79 Å². The minimum atomic E-state index is -0.445. The highest BCUT2D eigenvalue weighted by Crippen LogP contribution is 2.29. The van der Waals surface area contributed by atoms with Gasteiger partial charge in [-0.2, -0.15) is 0 Å². The number of furan rings is 1. The summed E-state index contributed by atoms with van der Waals surface area (Å²) in [5, 5.41) is 5.82. The van der Waals surface area contributed by atoms with Crippen LogP contribution >= 0.6 is 28.1 Å². The molecule has 190 valence electrons. The third-order valence-electron chi connectivity index (χ3n) is 6.07. The summed E-state index contributed by atoms with van der Waals surface area (Å²) >= 11 is 8.76. The van der Waals surface area contributed by atoms with E-state index in [-0.39, 0.29) is 10.9 Å². The Morgan fingerprint density at radius 3 is 2.21 bits per heavy atom. The van der Waals surface area contributed by atoms with Gasteiger partial charge in [0.1, 0.15) is 11.3 Å². The molecule has 0 aliphatic rings. The molecule has 6 aromatic rings. The maximum Gasteiger partial charge on any atom is 0.293 e. The highest BCUT2D eigenvalue weighted by Gasteiger charge is 2.15. The average molecular weight is 594 g/mol. The first-order valence-corrected chi connectivity index (χ1v) is 13.3. The van der Waals surface area contributed by atoms with Crippen LogP contribution in [0.1, 0.15) is 10.6 Å². The fraction of sp³-hybridized carbons (Fsp3) is 0. The molecular formula is C31H20BrN3O3S. The van der Waals surface area contributed by atoms with E-state index in [2.05, 4.69) is 55.8 Å². The fourth-order valence-corrected chi connectivity index (χ4v) is 4.60. The summed E-state index contributed by atoms with van der Waals surface area (Å²) in [7, 11) is 0. The molecule has 1 amide bonds. The van der Waals surface area contributed by atoms with Gasteiger partial charge in [0.15, 0.2) is 16.5 Å². The Bertz CT molecular complexity index is 1790. The van der Waals surface area contributed by atoms with Crippen molar-refractivity contribution in [2.24, 2.45) is 0 Å². The monoisotopic (exact) mass is 593 g/mol. The van der Waals surface area contributed by atoms with Gasteiger partial charge in [0.25, 0.3) is 5.91 Å². The first-order valence-electron chi connectivity index (χ1n) is 12.1. The van der Waals surface area contributed by atoms with Crippen molar-refractivity contribution in [3.05, 3.63) is 119 Å². The normalized spacial score (nSPS) is 10.9.